The summed E-state index contributed by atoms with van der Waals surface area (Å²) < 4.78 is 29.0. The first-order chi connectivity index (χ1) is 9.47. The minimum Gasteiger partial charge on any atom is -0.281 e. The van der Waals surface area contributed by atoms with Gasteiger partial charge in [-0.1, -0.05) is 0 Å². The Morgan fingerprint density at radius 3 is 2.80 bits per heavy atom. The first-order valence-electron chi connectivity index (χ1n) is 5.95. The number of sulfonamides is 1. The van der Waals surface area contributed by atoms with Crippen LogP contribution in [0.3, 0.4) is 0 Å². The number of nitrogens with zero attached hydrogens (tertiary/aromatic N) is 3. The van der Waals surface area contributed by atoms with E-state index in [9.17, 15) is 8.42 Å². The molecule has 104 valence electrons. The number of pyridine rings is 1. The van der Waals surface area contributed by atoms with Crippen molar-refractivity contribution in [3.8, 4) is 0 Å². The molecule has 0 saturated carbocycles. The molecule has 3 heterocycles. The van der Waals surface area contributed by atoms with E-state index >= 15 is 0 Å². The molecule has 0 aliphatic rings. The lowest BCUT2D eigenvalue weighted by Crippen LogP contribution is -2.14. The van der Waals surface area contributed by atoms with Gasteiger partial charge >= 0.3 is 0 Å². The molecule has 0 fully saturated rings. The molecule has 0 aromatic carbocycles. The maximum absolute atomic E-state index is 12.4. The molecule has 0 amide bonds. The highest BCUT2D eigenvalue weighted by Crippen LogP contribution is 2.21. The third kappa shape index (κ3) is 2.03. The van der Waals surface area contributed by atoms with Crippen molar-refractivity contribution in [1.82, 2.24) is 19.8 Å². The number of rotatable bonds is 3. The Balaban J connectivity index is 2.01. The first-order valence-corrected chi connectivity index (χ1v) is 7.43. The molecule has 20 heavy (non-hydrogen) atoms. The van der Waals surface area contributed by atoms with Crippen LogP contribution in [0.4, 0.5) is 5.69 Å². The Morgan fingerprint density at radius 2 is 2.10 bits per heavy atom. The summed E-state index contributed by atoms with van der Waals surface area (Å²) in [6.45, 7) is 3.33. The van der Waals surface area contributed by atoms with Crippen LogP contribution in [0.2, 0.25) is 0 Å². The maximum atomic E-state index is 12.4. The second-order valence-corrected chi connectivity index (χ2v) is 6.10. The second-order valence-electron chi connectivity index (χ2n) is 4.48. The van der Waals surface area contributed by atoms with E-state index in [2.05, 4.69) is 20.0 Å². The van der Waals surface area contributed by atoms with Crippen LogP contribution in [-0.2, 0) is 10.0 Å². The van der Waals surface area contributed by atoms with Crippen molar-refractivity contribution in [2.75, 3.05) is 4.72 Å². The lowest BCUT2D eigenvalue weighted by Gasteiger charge is -2.08. The molecule has 3 aromatic heterocycles. The zero-order valence-electron chi connectivity index (χ0n) is 11.0. The van der Waals surface area contributed by atoms with E-state index in [1.807, 2.05) is 0 Å². The summed E-state index contributed by atoms with van der Waals surface area (Å²) in [4.78, 5) is 0.186. The second kappa shape index (κ2) is 4.34. The number of aryl methyl sites for hydroxylation is 2. The summed E-state index contributed by atoms with van der Waals surface area (Å²) in [5.74, 6) is 0. The molecule has 0 spiro atoms. The molecule has 0 aliphatic carbocycles. The van der Waals surface area contributed by atoms with E-state index in [-0.39, 0.29) is 4.90 Å². The third-order valence-corrected chi connectivity index (χ3v) is 4.62. The normalized spacial score (nSPS) is 11.9. The predicted molar refractivity (Wildman–Crippen MR) is 74.1 cm³/mol. The Labute approximate surface area is 115 Å². The molecule has 0 radical (unpaired) electrons. The largest absolute Gasteiger partial charge is 0.281 e. The number of H-pyrrole nitrogens is 1. The van der Waals surface area contributed by atoms with Crippen LogP contribution >= 0.6 is 0 Å². The predicted octanol–water partition coefficient (Wildman–Crippen LogP) is 1.48. The van der Waals surface area contributed by atoms with Crippen LogP contribution in [0.25, 0.3) is 5.52 Å². The molecule has 7 nitrogen and oxygen atoms in total. The maximum Gasteiger partial charge on any atom is 0.265 e. The van der Waals surface area contributed by atoms with Crippen LogP contribution in [0, 0.1) is 13.8 Å². The highest BCUT2D eigenvalue weighted by Gasteiger charge is 2.22. The van der Waals surface area contributed by atoms with Crippen molar-refractivity contribution in [2.45, 2.75) is 18.7 Å². The van der Waals surface area contributed by atoms with Crippen molar-refractivity contribution in [2.24, 2.45) is 0 Å². The number of nitrogens with one attached hydrogen (secondary N) is 2. The number of hydrogen-bond acceptors (Lipinski definition) is 4. The molecule has 0 aliphatic heterocycles. The number of hydrogen-bond donors (Lipinski definition) is 2. The highest BCUT2D eigenvalue weighted by atomic mass is 32.2. The fraction of sp³-hybridized carbons (Fsp3) is 0.167. The number of aromatic nitrogens is 4. The van der Waals surface area contributed by atoms with E-state index < -0.39 is 10.0 Å². The van der Waals surface area contributed by atoms with Gasteiger partial charge in [0.1, 0.15) is 4.90 Å². The van der Waals surface area contributed by atoms with Crippen molar-refractivity contribution >= 4 is 21.2 Å². The van der Waals surface area contributed by atoms with E-state index in [1.165, 1.54) is 0 Å². The van der Waals surface area contributed by atoms with Gasteiger partial charge in [-0.05, 0) is 32.0 Å². The van der Waals surface area contributed by atoms with Gasteiger partial charge in [0.05, 0.1) is 22.6 Å². The fourth-order valence-corrected chi connectivity index (χ4v) is 3.55. The van der Waals surface area contributed by atoms with Gasteiger partial charge in [0, 0.05) is 12.4 Å². The van der Waals surface area contributed by atoms with E-state index in [0.717, 1.165) is 5.52 Å². The third-order valence-electron chi connectivity index (χ3n) is 2.98. The molecule has 0 saturated heterocycles. The molecule has 2 N–H and O–H groups in total. The highest BCUT2D eigenvalue weighted by molar-refractivity contribution is 7.92. The van der Waals surface area contributed by atoms with Gasteiger partial charge in [0.25, 0.3) is 10.0 Å². The summed E-state index contributed by atoms with van der Waals surface area (Å²) in [5, 5.41) is 10.6. The summed E-state index contributed by atoms with van der Waals surface area (Å²) in [5.41, 5.74) is 2.25. The Hall–Kier alpha value is -2.35. The summed E-state index contributed by atoms with van der Waals surface area (Å²) >= 11 is 0. The van der Waals surface area contributed by atoms with Gasteiger partial charge in [0.2, 0.25) is 0 Å². The van der Waals surface area contributed by atoms with Crippen LogP contribution in [0.5, 0.6) is 0 Å². The van der Waals surface area contributed by atoms with E-state index in [1.54, 1.807) is 49.0 Å². The molecular weight excluding hydrogens is 278 g/mol. The molecular formula is C12H13N5O2S. The zero-order valence-corrected chi connectivity index (χ0v) is 11.8. The molecule has 3 aromatic rings. The van der Waals surface area contributed by atoms with E-state index in [4.69, 9.17) is 0 Å². The van der Waals surface area contributed by atoms with Crippen LogP contribution in [0.1, 0.15) is 11.4 Å². The Kier molecular flexibility index (Phi) is 2.75. The number of fused-ring (bicyclic) bond motifs is 1. The summed E-state index contributed by atoms with van der Waals surface area (Å²) in [7, 11) is -3.66. The monoisotopic (exact) mass is 291 g/mol. The lowest BCUT2D eigenvalue weighted by molar-refractivity contribution is 0.600. The van der Waals surface area contributed by atoms with Gasteiger partial charge in [-0.3, -0.25) is 9.82 Å². The smallest absolute Gasteiger partial charge is 0.265 e. The number of anilines is 1. The minimum absolute atomic E-state index is 0.186. The van der Waals surface area contributed by atoms with Crippen LogP contribution in [-0.4, -0.2) is 28.2 Å². The van der Waals surface area contributed by atoms with Crippen LogP contribution < -0.4 is 4.72 Å². The van der Waals surface area contributed by atoms with Gasteiger partial charge in [-0.25, -0.2) is 12.9 Å². The van der Waals surface area contributed by atoms with Gasteiger partial charge in [0.15, 0.2) is 0 Å². The molecule has 8 heteroatoms. The first kappa shape index (κ1) is 12.7. The summed E-state index contributed by atoms with van der Waals surface area (Å²) in [6.07, 6.45) is 3.35. The van der Waals surface area contributed by atoms with Gasteiger partial charge in [-0.15, -0.1) is 0 Å². The number of aromatic amines is 1. The van der Waals surface area contributed by atoms with Crippen molar-refractivity contribution in [1.29, 1.82) is 0 Å². The van der Waals surface area contributed by atoms with E-state index in [0.29, 0.717) is 17.1 Å². The SMILES string of the molecule is Cc1n[nH]c(C)c1S(=O)(=O)Nc1ccn2nccc2c1. The van der Waals surface area contributed by atoms with Gasteiger partial charge in [-0.2, -0.15) is 10.2 Å². The molecule has 0 unspecified atom stereocenters. The average Bonchev–Trinajstić information content (AvgIpc) is 2.95. The zero-order chi connectivity index (χ0) is 14.3. The quantitative estimate of drug-likeness (QED) is 0.764. The van der Waals surface area contributed by atoms with Crippen molar-refractivity contribution in [3.63, 3.8) is 0 Å². The topological polar surface area (TPSA) is 92.1 Å². The lowest BCUT2D eigenvalue weighted by atomic mass is 10.4. The Morgan fingerprint density at radius 1 is 1.30 bits per heavy atom. The average molecular weight is 291 g/mol. The summed E-state index contributed by atoms with van der Waals surface area (Å²) in [6, 6.07) is 5.17. The molecule has 3 rings (SSSR count). The molecule has 0 atom stereocenters. The Bertz CT molecular complexity index is 859. The van der Waals surface area contributed by atoms with Crippen LogP contribution in [0.15, 0.2) is 35.5 Å². The standard InChI is InChI=1S/C12H13N5O2S/c1-8-12(9(2)15-14-8)20(18,19)16-10-4-6-17-11(7-10)3-5-13-17/h3-7,16H,1-2H3,(H,14,15). The van der Waals surface area contributed by atoms with Gasteiger partial charge < -0.3 is 0 Å². The van der Waals surface area contributed by atoms with Crippen molar-refractivity contribution < 1.29 is 8.42 Å². The molecule has 0 bridgehead atoms. The fourth-order valence-electron chi connectivity index (χ4n) is 2.13. The van der Waals surface area contributed by atoms with Crippen molar-refractivity contribution in [3.05, 3.63) is 42.0 Å². The minimum atomic E-state index is -3.66.